The van der Waals surface area contributed by atoms with Gasteiger partial charge in [-0.2, -0.15) is 4.31 Å². The fraction of sp³-hybridized carbons (Fsp3) is 0.345. The van der Waals surface area contributed by atoms with Crippen molar-refractivity contribution in [1.82, 2.24) is 9.21 Å². The number of benzene rings is 3. The predicted octanol–water partition coefficient (Wildman–Crippen LogP) is 4.17. The van der Waals surface area contributed by atoms with Crippen LogP contribution in [-0.2, 0) is 21.4 Å². The number of amides is 1. The van der Waals surface area contributed by atoms with Gasteiger partial charge >= 0.3 is 0 Å². The number of likely N-dealkylation sites (N-methyl/N-ethyl adjacent to an activating group) is 1. The molecule has 0 aromatic heterocycles. The summed E-state index contributed by atoms with van der Waals surface area (Å²) in [4.78, 5) is 15.3. The molecule has 38 heavy (non-hydrogen) atoms. The molecule has 1 aliphatic rings. The van der Waals surface area contributed by atoms with E-state index in [1.165, 1.54) is 25.2 Å². The van der Waals surface area contributed by atoms with Gasteiger partial charge in [-0.05, 0) is 47.9 Å². The van der Waals surface area contributed by atoms with Crippen molar-refractivity contribution in [1.29, 1.82) is 0 Å². The highest BCUT2D eigenvalue weighted by molar-refractivity contribution is 7.89. The molecule has 1 heterocycles. The Morgan fingerprint density at radius 2 is 1.71 bits per heavy atom. The zero-order valence-electron chi connectivity index (χ0n) is 21.7. The topological polar surface area (TPSA) is 87.2 Å². The Bertz CT molecular complexity index is 1400. The van der Waals surface area contributed by atoms with E-state index in [9.17, 15) is 22.7 Å². The van der Waals surface area contributed by atoms with Crippen LogP contribution in [0.3, 0.4) is 0 Å². The highest BCUT2D eigenvalue weighted by Gasteiger charge is 2.32. The molecule has 1 N–H and O–H groups in total. The van der Waals surface area contributed by atoms with E-state index in [4.69, 9.17) is 4.74 Å². The molecule has 1 aliphatic heterocycles. The number of ether oxygens (including phenoxy) is 1. The van der Waals surface area contributed by atoms with Crippen LogP contribution in [0.25, 0.3) is 11.1 Å². The van der Waals surface area contributed by atoms with Crippen molar-refractivity contribution >= 4 is 15.9 Å². The minimum absolute atomic E-state index is 0.00926. The first-order valence-electron chi connectivity index (χ1n) is 12.6. The normalized spacial score (nSPS) is 19.4. The fourth-order valence-corrected chi connectivity index (χ4v) is 5.93. The number of hydrogen-bond donors (Lipinski definition) is 1. The van der Waals surface area contributed by atoms with E-state index in [2.05, 4.69) is 0 Å². The van der Waals surface area contributed by atoms with Gasteiger partial charge in [0, 0.05) is 31.6 Å². The molecule has 0 radical (unpaired) electrons. The average molecular weight is 541 g/mol. The lowest BCUT2D eigenvalue weighted by atomic mass is 9.94. The zero-order chi connectivity index (χ0) is 27.4. The van der Waals surface area contributed by atoms with E-state index in [0.29, 0.717) is 5.56 Å². The lowest BCUT2D eigenvalue weighted by molar-refractivity contribution is -0.0146. The van der Waals surface area contributed by atoms with E-state index >= 15 is 0 Å². The van der Waals surface area contributed by atoms with Crippen LogP contribution in [0.2, 0.25) is 0 Å². The number of aliphatic hydroxyl groups is 1. The van der Waals surface area contributed by atoms with E-state index in [-0.39, 0.29) is 43.0 Å². The number of hydrogen-bond acceptors (Lipinski definition) is 5. The van der Waals surface area contributed by atoms with Gasteiger partial charge in [0.15, 0.2) is 0 Å². The van der Waals surface area contributed by atoms with Crippen LogP contribution >= 0.6 is 0 Å². The molecule has 7 nitrogen and oxygen atoms in total. The molecule has 202 valence electrons. The number of halogens is 1. The molecule has 3 atom stereocenters. The Labute approximate surface area is 223 Å². The summed E-state index contributed by atoms with van der Waals surface area (Å²) in [7, 11) is -2.55. The van der Waals surface area contributed by atoms with Crippen LogP contribution in [0.1, 0.15) is 29.8 Å². The van der Waals surface area contributed by atoms with E-state index in [1.54, 1.807) is 17.9 Å². The number of nitrogens with zero attached hydrogens (tertiary/aromatic N) is 2. The molecule has 0 spiro atoms. The number of sulfonamides is 1. The van der Waals surface area contributed by atoms with Crippen molar-refractivity contribution in [3.8, 4) is 11.1 Å². The second-order valence-corrected chi connectivity index (χ2v) is 11.8. The van der Waals surface area contributed by atoms with Gasteiger partial charge in [0.25, 0.3) is 5.91 Å². The largest absolute Gasteiger partial charge is 0.394 e. The van der Waals surface area contributed by atoms with Crippen molar-refractivity contribution < 1.29 is 27.4 Å². The lowest BCUT2D eigenvalue weighted by Gasteiger charge is -2.35. The van der Waals surface area contributed by atoms with Gasteiger partial charge in [-0.15, -0.1) is 0 Å². The lowest BCUT2D eigenvalue weighted by Crippen LogP contribution is -2.47. The van der Waals surface area contributed by atoms with Gasteiger partial charge in [-0.1, -0.05) is 55.5 Å². The van der Waals surface area contributed by atoms with Gasteiger partial charge < -0.3 is 14.7 Å². The second kappa shape index (κ2) is 11.7. The Morgan fingerprint density at radius 1 is 1.05 bits per heavy atom. The third-order valence-electron chi connectivity index (χ3n) is 7.04. The molecule has 0 saturated carbocycles. The minimum atomic E-state index is -3.99. The van der Waals surface area contributed by atoms with Crippen molar-refractivity contribution in [2.75, 3.05) is 26.7 Å². The quantitative estimate of drug-likeness (QED) is 0.507. The molecule has 3 aromatic rings. The molecular formula is C29H33FN2O5S. The molecule has 3 aromatic carbocycles. The standard InChI is InChI=1S/C29H33FN2O5S/c1-20-16-32(21(2)18-33)29(34)27-14-7-6-13-26(27)25-12-5-4-9-22(25)19-37-28(20)17-31(3)38(35,36)24-11-8-10-23(30)15-24/h4-15,20-21,28,33H,16-19H2,1-3H3/t20-,21-,28+/m0/s1. The second-order valence-electron chi connectivity index (χ2n) is 9.76. The highest BCUT2D eigenvalue weighted by Crippen LogP contribution is 2.31. The van der Waals surface area contributed by atoms with Crippen molar-refractivity contribution in [2.24, 2.45) is 5.92 Å². The summed E-state index contributed by atoms with van der Waals surface area (Å²) < 4.78 is 47.7. The summed E-state index contributed by atoms with van der Waals surface area (Å²) in [6, 6.07) is 19.4. The zero-order valence-corrected chi connectivity index (χ0v) is 22.6. The first-order valence-corrected chi connectivity index (χ1v) is 14.0. The summed E-state index contributed by atoms with van der Waals surface area (Å²) in [5, 5.41) is 9.96. The number of fused-ring (bicyclic) bond motifs is 3. The molecule has 0 unspecified atom stereocenters. The smallest absolute Gasteiger partial charge is 0.254 e. The van der Waals surface area contributed by atoms with Crippen LogP contribution in [0.5, 0.6) is 0 Å². The Morgan fingerprint density at radius 3 is 2.39 bits per heavy atom. The van der Waals surface area contributed by atoms with E-state index in [1.807, 2.05) is 49.4 Å². The first-order chi connectivity index (χ1) is 18.1. The maximum Gasteiger partial charge on any atom is 0.254 e. The maximum absolute atomic E-state index is 13.9. The number of aliphatic hydroxyl groups excluding tert-OH is 1. The summed E-state index contributed by atoms with van der Waals surface area (Å²) in [6.07, 6.45) is -0.598. The van der Waals surface area contributed by atoms with E-state index in [0.717, 1.165) is 27.1 Å². The summed E-state index contributed by atoms with van der Waals surface area (Å²) in [5.74, 6) is -1.15. The Balaban J connectivity index is 1.73. The molecule has 9 heteroatoms. The van der Waals surface area contributed by atoms with Crippen LogP contribution in [0.15, 0.2) is 77.7 Å². The summed E-state index contributed by atoms with van der Waals surface area (Å²) >= 11 is 0. The molecule has 4 rings (SSSR count). The number of rotatable bonds is 6. The van der Waals surface area contributed by atoms with Gasteiger partial charge in [0.2, 0.25) is 10.0 Å². The van der Waals surface area contributed by atoms with Crippen molar-refractivity contribution in [2.45, 2.75) is 37.5 Å². The van der Waals surface area contributed by atoms with Crippen molar-refractivity contribution in [3.05, 3.63) is 89.7 Å². The SMILES string of the molecule is C[C@H]1CN([C@@H](C)CO)C(=O)c2ccccc2-c2ccccc2CO[C@@H]1CN(C)S(=O)(=O)c1cccc(F)c1. The third-order valence-corrected chi connectivity index (χ3v) is 8.86. The fourth-order valence-electron chi connectivity index (χ4n) is 4.71. The molecule has 1 amide bonds. The average Bonchev–Trinajstić information content (AvgIpc) is 2.94. The monoisotopic (exact) mass is 540 g/mol. The van der Waals surface area contributed by atoms with Gasteiger partial charge in [0.1, 0.15) is 5.82 Å². The Hall–Kier alpha value is -3.11. The molecule has 0 saturated heterocycles. The van der Waals surface area contributed by atoms with Gasteiger partial charge in [-0.25, -0.2) is 12.8 Å². The number of carbonyl (C=O) groups is 1. The maximum atomic E-state index is 13.9. The van der Waals surface area contributed by atoms with Crippen LogP contribution in [-0.4, -0.2) is 67.5 Å². The predicted molar refractivity (Wildman–Crippen MR) is 143 cm³/mol. The minimum Gasteiger partial charge on any atom is -0.394 e. The van der Waals surface area contributed by atoms with E-state index < -0.39 is 28.0 Å². The first kappa shape index (κ1) is 27.9. The van der Waals surface area contributed by atoms with Gasteiger partial charge in [-0.3, -0.25) is 4.79 Å². The molecule has 0 bridgehead atoms. The van der Waals surface area contributed by atoms with Crippen LogP contribution in [0, 0.1) is 11.7 Å². The van der Waals surface area contributed by atoms with Crippen LogP contribution in [0.4, 0.5) is 4.39 Å². The van der Waals surface area contributed by atoms with Crippen LogP contribution < -0.4 is 0 Å². The van der Waals surface area contributed by atoms with Crippen molar-refractivity contribution in [3.63, 3.8) is 0 Å². The number of carbonyl (C=O) groups excluding carboxylic acids is 1. The molecule has 0 aliphatic carbocycles. The highest BCUT2D eigenvalue weighted by atomic mass is 32.2. The van der Waals surface area contributed by atoms with Gasteiger partial charge in [0.05, 0.1) is 30.3 Å². The summed E-state index contributed by atoms with van der Waals surface area (Å²) in [5.41, 5.74) is 3.01. The summed E-state index contributed by atoms with van der Waals surface area (Å²) in [6.45, 7) is 3.88. The molecular weight excluding hydrogens is 507 g/mol. The molecule has 0 fully saturated rings. The third kappa shape index (κ3) is 5.81. The Kier molecular flexibility index (Phi) is 8.62.